The third-order valence-corrected chi connectivity index (χ3v) is 4.13. The second-order valence-corrected chi connectivity index (χ2v) is 5.77. The Balaban J connectivity index is 1.59. The summed E-state index contributed by atoms with van der Waals surface area (Å²) in [5, 5.41) is 0. The van der Waals surface area contributed by atoms with E-state index in [-0.39, 0.29) is 17.1 Å². The smallest absolute Gasteiger partial charge is 0.375 e. The van der Waals surface area contributed by atoms with Gasteiger partial charge in [0.05, 0.1) is 17.3 Å². The lowest BCUT2D eigenvalue weighted by molar-refractivity contribution is 0.0359. The molecule has 0 radical (unpaired) electrons. The number of hydrogen-bond acceptors (Lipinski definition) is 4. The molecule has 0 atom stereocenters. The van der Waals surface area contributed by atoms with E-state index in [0.29, 0.717) is 11.1 Å². The van der Waals surface area contributed by atoms with Crippen LogP contribution in [0.15, 0.2) is 71.3 Å². The summed E-state index contributed by atoms with van der Waals surface area (Å²) in [5.41, 5.74) is 2.05. The minimum absolute atomic E-state index is 0.0147. The molecule has 0 unspecified atom stereocenters. The molecule has 0 bridgehead atoms. The van der Waals surface area contributed by atoms with E-state index in [9.17, 15) is 13.6 Å². The first kappa shape index (κ1) is 17.0. The lowest BCUT2D eigenvalue weighted by Gasteiger charge is -2.08. The number of nitrogens with zero attached hydrogens (tertiary/aromatic N) is 2. The van der Waals surface area contributed by atoms with Crippen LogP contribution >= 0.6 is 0 Å². The van der Waals surface area contributed by atoms with E-state index < -0.39 is 19.1 Å². The molecule has 0 spiro atoms. The molecular weight excluding hydrogens is 354 g/mol. The van der Waals surface area contributed by atoms with Crippen LogP contribution < -0.4 is 0 Å². The molecule has 7 heteroatoms. The molecule has 27 heavy (non-hydrogen) atoms. The molecule has 0 saturated carbocycles. The van der Waals surface area contributed by atoms with E-state index in [1.165, 1.54) is 6.26 Å². The van der Waals surface area contributed by atoms with Gasteiger partial charge in [0.1, 0.15) is 6.61 Å². The number of carbonyl (C=O) groups is 1. The number of para-hydroxylation sites is 2. The fraction of sp³-hybridized carbons (Fsp3) is 0.100. The van der Waals surface area contributed by atoms with Crippen LogP contribution in [0.3, 0.4) is 0 Å². The Morgan fingerprint density at radius 1 is 1.07 bits per heavy atom. The third-order valence-electron chi connectivity index (χ3n) is 4.13. The number of imidazole rings is 1. The zero-order valence-electron chi connectivity index (χ0n) is 14.0. The summed E-state index contributed by atoms with van der Waals surface area (Å²) in [4.78, 5) is 16.6. The van der Waals surface area contributed by atoms with Gasteiger partial charge in [-0.2, -0.15) is 8.78 Å². The van der Waals surface area contributed by atoms with Gasteiger partial charge in [-0.15, -0.1) is 0 Å². The molecule has 0 aliphatic heterocycles. The summed E-state index contributed by atoms with van der Waals surface area (Å²) in [6.45, 7) is -3.19. The van der Waals surface area contributed by atoms with Crippen molar-refractivity contribution in [1.82, 2.24) is 9.55 Å². The van der Waals surface area contributed by atoms with Crippen molar-refractivity contribution in [2.75, 3.05) is 0 Å². The molecule has 0 aliphatic carbocycles. The summed E-state index contributed by atoms with van der Waals surface area (Å²) < 4.78 is 38.1. The molecule has 0 saturated heterocycles. The van der Waals surface area contributed by atoms with Crippen molar-refractivity contribution in [2.24, 2.45) is 0 Å². The van der Waals surface area contributed by atoms with Crippen molar-refractivity contribution >= 4 is 17.0 Å². The van der Waals surface area contributed by atoms with E-state index >= 15 is 0 Å². The van der Waals surface area contributed by atoms with Gasteiger partial charge in [-0.1, -0.05) is 42.5 Å². The first-order valence-electron chi connectivity index (χ1n) is 8.19. The molecule has 2 heterocycles. The van der Waals surface area contributed by atoms with Crippen LogP contribution in [0.5, 0.6) is 0 Å². The normalized spacial score (nSPS) is 11.2. The maximum atomic E-state index is 13.4. The topological polar surface area (TPSA) is 57.3 Å². The summed E-state index contributed by atoms with van der Waals surface area (Å²) in [7, 11) is 0. The highest BCUT2D eigenvalue weighted by molar-refractivity contribution is 5.94. The lowest BCUT2D eigenvalue weighted by Crippen LogP contribution is -2.10. The van der Waals surface area contributed by atoms with Crippen LogP contribution in [-0.4, -0.2) is 15.5 Å². The summed E-state index contributed by atoms with van der Waals surface area (Å²) in [6.07, 6.45) is 1.38. The third kappa shape index (κ3) is 3.19. The number of carbonyl (C=O) groups excluding carboxylic acids is 1. The Kier molecular flexibility index (Phi) is 4.42. The van der Waals surface area contributed by atoms with E-state index in [2.05, 4.69) is 4.98 Å². The molecule has 4 rings (SSSR count). The molecule has 136 valence electrons. The second-order valence-electron chi connectivity index (χ2n) is 5.77. The number of benzene rings is 2. The SMILES string of the molecule is O=C(OCc1nc2ccccc2n1C(F)F)c1occc1-c1ccccc1. The quantitative estimate of drug-likeness (QED) is 0.463. The monoisotopic (exact) mass is 368 g/mol. The number of esters is 1. The molecule has 0 aliphatic rings. The fourth-order valence-corrected chi connectivity index (χ4v) is 2.92. The molecule has 0 fully saturated rings. The van der Waals surface area contributed by atoms with Gasteiger partial charge in [0, 0.05) is 5.56 Å². The Labute approximate surface area is 152 Å². The zero-order valence-corrected chi connectivity index (χ0v) is 14.0. The maximum absolute atomic E-state index is 13.4. The average molecular weight is 368 g/mol. The van der Waals surface area contributed by atoms with Crippen LogP contribution in [0.4, 0.5) is 8.78 Å². The summed E-state index contributed by atoms with van der Waals surface area (Å²) in [5.74, 6) is -0.764. The van der Waals surface area contributed by atoms with Gasteiger partial charge in [-0.25, -0.2) is 9.78 Å². The Morgan fingerprint density at radius 2 is 1.81 bits per heavy atom. The largest absolute Gasteiger partial charge is 0.457 e. The van der Waals surface area contributed by atoms with Crippen LogP contribution in [0.25, 0.3) is 22.2 Å². The van der Waals surface area contributed by atoms with Crippen molar-refractivity contribution in [3.8, 4) is 11.1 Å². The van der Waals surface area contributed by atoms with Crippen molar-refractivity contribution in [3.05, 3.63) is 78.5 Å². The highest BCUT2D eigenvalue weighted by atomic mass is 19.3. The van der Waals surface area contributed by atoms with Gasteiger partial charge in [-0.3, -0.25) is 4.57 Å². The van der Waals surface area contributed by atoms with Gasteiger partial charge in [0.25, 0.3) is 0 Å². The van der Waals surface area contributed by atoms with Gasteiger partial charge >= 0.3 is 12.5 Å². The molecule has 2 aromatic carbocycles. The number of rotatable bonds is 5. The Hall–Kier alpha value is -3.48. The van der Waals surface area contributed by atoms with Gasteiger partial charge < -0.3 is 9.15 Å². The highest BCUT2D eigenvalue weighted by Gasteiger charge is 2.22. The van der Waals surface area contributed by atoms with Crippen molar-refractivity contribution in [2.45, 2.75) is 13.2 Å². The number of aromatic nitrogens is 2. The van der Waals surface area contributed by atoms with Gasteiger partial charge in [-0.05, 0) is 23.8 Å². The number of furan rings is 1. The predicted octanol–water partition coefficient (Wildman–Crippen LogP) is 5.05. The summed E-state index contributed by atoms with van der Waals surface area (Å²) in [6, 6.07) is 17.4. The van der Waals surface area contributed by atoms with Crippen LogP contribution in [0.2, 0.25) is 0 Å². The molecular formula is C20H14F2N2O3. The minimum Gasteiger partial charge on any atom is -0.457 e. The predicted molar refractivity (Wildman–Crippen MR) is 94.2 cm³/mol. The average Bonchev–Trinajstić information content (AvgIpc) is 3.31. The van der Waals surface area contributed by atoms with E-state index in [4.69, 9.17) is 9.15 Å². The van der Waals surface area contributed by atoms with E-state index in [1.54, 1.807) is 30.3 Å². The number of alkyl halides is 2. The number of fused-ring (bicyclic) bond motifs is 1. The highest BCUT2D eigenvalue weighted by Crippen LogP contribution is 2.27. The van der Waals surface area contributed by atoms with Crippen LogP contribution in [0.1, 0.15) is 22.9 Å². The molecule has 2 aromatic heterocycles. The number of hydrogen-bond donors (Lipinski definition) is 0. The lowest BCUT2D eigenvalue weighted by atomic mass is 10.1. The molecule has 5 nitrogen and oxygen atoms in total. The van der Waals surface area contributed by atoms with Crippen molar-refractivity contribution < 1.29 is 22.7 Å². The van der Waals surface area contributed by atoms with E-state index in [1.807, 2.05) is 30.3 Å². The number of ether oxygens (including phenoxy) is 1. The standard InChI is InChI=1S/C20H14F2N2O3/c21-20(22)24-16-9-5-4-8-15(16)23-17(24)12-27-19(25)18-14(10-11-26-18)13-6-2-1-3-7-13/h1-11,20H,12H2. The van der Waals surface area contributed by atoms with E-state index in [0.717, 1.165) is 10.1 Å². The van der Waals surface area contributed by atoms with Crippen LogP contribution in [-0.2, 0) is 11.3 Å². The first-order valence-corrected chi connectivity index (χ1v) is 8.19. The van der Waals surface area contributed by atoms with Crippen molar-refractivity contribution in [1.29, 1.82) is 0 Å². The molecule has 0 N–H and O–H groups in total. The minimum atomic E-state index is -2.80. The first-order chi connectivity index (χ1) is 13.1. The number of halogens is 2. The van der Waals surface area contributed by atoms with Gasteiger partial charge in [0.15, 0.2) is 5.82 Å². The Bertz CT molecular complexity index is 1090. The summed E-state index contributed by atoms with van der Waals surface area (Å²) >= 11 is 0. The van der Waals surface area contributed by atoms with Gasteiger partial charge in [0.2, 0.25) is 5.76 Å². The van der Waals surface area contributed by atoms with Crippen LogP contribution in [0, 0.1) is 0 Å². The second kappa shape index (κ2) is 7.03. The Morgan fingerprint density at radius 3 is 2.59 bits per heavy atom. The maximum Gasteiger partial charge on any atom is 0.375 e. The van der Waals surface area contributed by atoms with Crippen molar-refractivity contribution in [3.63, 3.8) is 0 Å². The fourth-order valence-electron chi connectivity index (χ4n) is 2.92. The molecule has 4 aromatic rings. The molecule has 0 amide bonds. The zero-order chi connectivity index (χ0) is 18.8.